The maximum atomic E-state index is 12.0. The average molecular weight is 323 g/mol. The number of hydrogen-bond donors (Lipinski definition) is 1. The highest BCUT2D eigenvalue weighted by Crippen LogP contribution is 2.38. The zero-order valence-electron chi connectivity index (χ0n) is 13.0. The maximum absolute atomic E-state index is 12.0. The molecule has 0 aliphatic carbocycles. The number of hydrogen-bond acceptors (Lipinski definition) is 4. The van der Waals surface area contributed by atoms with Gasteiger partial charge in [0.05, 0.1) is 26.2 Å². The minimum Gasteiger partial charge on any atom is -0.491 e. The largest absolute Gasteiger partial charge is 0.491 e. The van der Waals surface area contributed by atoms with Gasteiger partial charge in [-0.05, 0) is 18.4 Å². The summed E-state index contributed by atoms with van der Waals surface area (Å²) in [4.78, 5) is 18.0. The zero-order valence-corrected chi connectivity index (χ0v) is 13.9. The van der Waals surface area contributed by atoms with Crippen LogP contribution in [0.5, 0.6) is 5.75 Å². The van der Waals surface area contributed by atoms with Crippen LogP contribution in [-0.2, 0) is 4.74 Å². The second-order valence-electron chi connectivity index (χ2n) is 5.52. The molecule has 6 nitrogen and oxygen atoms in total. The Balaban J connectivity index is 2.26. The number of carbonyl (C=O) groups is 1. The number of rotatable bonds is 5. The Morgan fingerprint density at radius 1 is 1.59 bits per heavy atom. The second-order valence-corrected chi connectivity index (χ2v) is 6.37. The first-order valence-corrected chi connectivity index (χ1v) is 8.13. The monoisotopic (exact) mass is 323 g/mol. The predicted molar refractivity (Wildman–Crippen MR) is 89.1 cm³/mol. The second kappa shape index (κ2) is 7.02. The molecule has 0 spiro atoms. The molecule has 0 atom stereocenters. The van der Waals surface area contributed by atoms with E-state index in [1.807, 2.05) is 24.5 Å². The van der Waals surface area contributed by atoms with Crippen molar-refractivity contribution in [1.82, 2.24) is 0 Å². The highest BCUT2D eigenvalue weighted by atomic mass is 32.2. The molecule has 22 heavy (non-hydrogen) atoms. The maximum Gasteiger partial charge on any atom is 0.349 e. The predicted octanol–water partition coefficient (Wildman–Crippen LogP) is 2.37. The Kier molecular flexibility index (Phi) is 5.31. The van der Waals surface area contributed by atoms with Crippen LogP contribution in [0.2, 0.25) is 0 Å². The average Bonchev–Trinajstić information content (AvgIpc) is 2.50. The number of carbonyl (C=O) groups excluding carboxylic acids is 1. The van der Waals surface area contributed by atoms with Gasteiger partial charge in [0, 0.05) is 17.4 Å². The number of amides is 2. The normalized spacial score (nSPS) is 16.3. The summed E-state index contributed by atoms with van der Waals surface area (Å²) in [5.41, 5.74) is 5.94. The van der Waals surface area contributed by atoms with Gasteiger partial charge in [0.25, 0.3) is 0 Å². The number of para-hydroxylation sites is 1. The van der Waals surface area contributed by atoms with Crippen LogP contribution in [-0.4, -0.2) is 45.5 Å². The molecule has 1 aromatic rings. The Labute approximate surface area is 134 Å². The molecule has 0 bridgehead atoms. The van der Waals surface area contributed by atoms with E-state index >= 15 is 0 Å². The molecule has 7 heteroatoms. The molecular weight excluding hydrogens is 302 g/mol. The lowest BCUT2D eigenvalue weighted by atomic mass is 9.90. The van der Waals surface area contributed by atoms with Gasteiger partial charge in [-0.2, -0.15) is 4.99 Å². The van der Waals surface area contributed by atoms with Crippen molar-refractivity contribution in [3.8, 4) is 5.75 Å². The van der Waals surface area contributed by atoms with E-state index in [9.17, 15) is 4.79 Å². The summed E-state index contributed by atoms with van der Waals surface area (Å²) in [6.07, 6.45) is 2.95. The Hall–Kier alpha value is -1.73. The molecule has 2 amide bonds. The van der Waals surface area contributed by atoms with Gasteiger partial charge in [-0.1, -0.05) is 13.0 Å². The molecule has 1 heterocycles. The van der Waals surface area contributed by atoms with Crippen molar-refractivity contribution in [3.05, 3.63) is 18.2 Å². The third-order valence-electron chi connectivity index (χ3n) is 3.47. The van der Waals surface area contributed by atoms with Gasteiger partial charge in [-0.25, -0.2) is 4.79 Å². The molecule has 0 unspecified atom stereocenters. The van der Waals surface area contributed by atoms with Gasteiger partial charge >= 0.3 is 6.03 Å². The number of benzene rings is 1. The van der Waals surface area contributed by atoms with Crippen LogP contribution in [0.3, 0.4) is 0 Å². The van der Waals surface area contributed by atoms with Crippen LogP contribution in [0.4, 0.5) is 10.5 Å². The summed E-state index contributed by atoms with van der Waals surface area (Å²) < 4.78 is 11.2. The minimum atomic E-state index is -0.438. The first-order valence-electron chi connectivity index (χ1n) is 6.90. The van der Waals surface area contributed by atoms with E-state index in [0.29, 0.717) is 31.3 Å². The molecule has 0 radical (unpaired) electrons. The lowest BCUT2D eigenvalue weighted by Crippen LogP contribution is -2.44. The lowest BCUT2D eigenvalue weighted by Gasteiger charge is -2.37. The highest BCUT2D eigenvalue weighted by Gasteiger charge is 2.34. The van der Waals surface area contributed by atoms with Gasteiger partial charge in [-0.3, -0.25) is 4.90 Å². The highest BCUT2D eigenvalue weighted by molar-refractivity contribution is 7.98. The van der Waals surface area contributed by atoms with Gasteiger partial charge in [0.2, 0.25) is 0 Å². The molecule has 1 aliphatic heterocycles. The Bertz CT molecular complexity index is 573. The molecular formula is C15H21N3O3S. The number of ether oxygens (including phenoxy) is 2. The summed E-state index contributed by atoms with van der Waals surface area (Å²) in [7, 11) is 1.66. The van der Waals surface area contributed by atoms with E-state index in [4.69, 9.17) is 15.2 Å². The molecule has 0 saturated carbocycles. The fourth-order valence-corrected chi connectivity index (χ4v) is 2.79. The third-order valence-corrected chi connectivity index (χ3v) is 4.24. The van der Waals surface area contributed by atoms with Crippen molar-refractivity contribution in [3.63, 3.8) is 0 Å². The number of nitrogens with zero attached hydrogens (tertiary/aromatic N) is 2. The SMILES string of the molecule is CSc1cccc(OCC2(C)COC2)c1N(C)C(=O)/N=C/N. The third kappa shape index (κ3) is 3.53. The smallest absolute Gasteiger partial charge is 0.349 e. The van der Waals surface area contributed by atoms with Crippen molar-refractivity contribution in [2.45, 2.75) is 11.8 Å². The summed E-state index contributed by atoms with van der Waals surface area (Å²) >= 11 is 1.54. The number of aliphatic imine (C=N–C) groups is 1. The molecule has 0 aromatic heterocycles. The van der Waals surface area contributed by atoms with Crippen LogP contribution >= 0.6 is 11.8 Å². The van der Waals surface area contributed by atoms with E-state index in [-0.39, 0.29) is 5.41 Å². The van der Waals surface area contributed by atoms with Crippen molar-refractivity contribution < 1.29 is 14.3 Å². The summed E-state index contributed by atoms with van der Waals surface area (Å²) in [6, 6.07) is 5.27. The summed E-state index contributed by atoms with van der Waals surface area (Å²) in [5.74, 6) is 0.656. The molecule has 2 rings (SSSR count). The standard InChI is InChI=1S/C15H21N3O3S/c1-15(7-20-8-15)9-21-11-5-4-6-12(22-3)13(11)18(2)14(19)17-10-16/h4-6,10H,7-9H2,1-3H3,(H2,16,17,19). The fourth-order valence-electron chi connectivity index (χ4n) is 2.15. The van der Waals surface area contributed by atoms with Crippen LogP contribution in [0.15, 0.2) is 28.1 Å². The first-order chi connectivity index (χ1) is 10.5. The topological polar surface area (TPSA) is 77.2 Å². The zero-order chi connectivity index (χ0) is 16.2. The van der Waals surface area contributed by atoms with E-state index in [0.717, 1.165) is 11.2 Å². The van der Waals surface area contributed by atoms with E-state index < -0.39 is 6.03 Å². The lowest BCUT2D eigenvalue weighted by molar-refractivity contribution is -0.120. The number of urea groups is 1. The number of nitrogens with two attached hydrogens (primary N) is 1. The van der Waals surface area contributed by atoms with Crippen molar-refractivity contribution in [2.75, 3.05) is 38.0 Å². The van der Waals surface area contributed by atoms with Gasteiger partial charge in [0.15, 0.2) is 0 Å². The molecule has 1 fully saturated rings. The summed E-state index contributed by atoms with van der Waals surface area (Å²) in [6.45, 7) is 4.04. The quantitative estimate of drug-likeness (QED) is 0.511. The van der Waals surface area contributed by atoms with Crippen LogP contribution in [0.25, 0.3) is 0 Å². The Morgan fingerprint density at radius 3 is 2.86 bits per heavy atom. The van der Waals surface area contributed by atoms with Crippen LogP contribution in [0.1, 0.15) is 6.92 Å². The number of thioether (sulfide) groups is 1. The van der Waals surface area contributed by atoms with E-state index in [1.165, 1.54) is 4.90 Å². The van der Waals surface area contributed by atoms with Crippen molar-refractivity contribution in [2.24, 2.45) is 16.1 Å². The molecule has 1 saturated heterocycles. The fraction of sp³-hybridized carbons (Fsp3) is 0.467. The molecule has 2 N–H and O–H groups in total. The van der Waals surface area contributed by atoms with Crippen molar-refractivity contribution >= 4 is 29.8 Å². The van der Waals surface area contributed by atoms with Crippen LogP contribution < -0.4 is 15.4 Å². The summed E-state index contributed by atoms with van der Waals surface area (Å²) in [5, 5.41) is 0. The van der Waals surface area contributed by atoms with Gasteiger partial charge in [0.1, 0.15) is 11.4 Å². The molecule has 1 aromatic carbocycles. The Morgan fingerprint density at radius 2 is 2.32 bits per heavy atom. The number of anilines is 1. The van der Waals surface area contributed by atoms with Crippen LogP contribution in [0, 0.1) is 5.41 Å². The molecule has 120 valence electrons. The van der Waals surface area contributed by atoms with E-state index in [2.05, 4.69) is 11.9 Å². The minimum absolute atomic E-state index is 0.0324. The van der Waals surface area contributed by atoms with Gasteiger partial charge < -0.3 is 15.2 Å². The first kappa shape index (κ1) is 16.6. The van der Waals surface area contributed by atoms with E-state index in [1.54, 1.807) is 18.8 Å². The molecule has 1 aliphatic rings. The van der Waals surface area contributed by atoms with Gasteiger partial charge in [-0.15, -0.1) is 11.8 Å². The van der Waals surface area contributed by atoms with Crippen molar-refractivity contribution in [1.29, 1.82) is 0 Å².